The van der Waals surface area contributed by atoms with Crippen LogP contribution in [0.4, 0.5) is 17.1 Å². The van der Waals surface area contributed by atoms with Gasteiger partial charge in [-0.1, -0.05) is 60.7 Å². The minimum absolute atomic E-state index is 0.584. The highest BCUT2D eigenvalue weighted by Crippen LogP contribution is 2.43. The fourth-order valence-corrected chi connectivity index (χ4v) is 5.86. The molecule has 4 nitrogen and oxygen atoms in total. The second-order valence-electron chi connectivity index (χ2n) is 10.5. The van der Waals surface area contributed by atoms with Gasteiger partial charge in [-0.15, -0.1) is 0 Å². The lowest BCUT2D eigenvalue weighted by atomic mass is 9.96. The van der Waals surface area contributed by atoms with Crippen LogP contribution in [0.15, 0.2) is 138 Å². The first-order valence-electron chi connectivity index (χ1n) is 14.0. The summed E-state index contributed by atoms with van der Waals surface area (Å²) in [5.41, 5.74) is 10.3. The number of aryl methyl sites for hydroxylation is 2. The first kappa shape index (κ1) is 25.3. The van der Waals surface area contributed by atoms with Crippen LogP contribution in [0.5, 0.6) is 0 Å². The lowest BCUT2D eigenvalue weighted by Crippen LogP contribution is -2.30. The molecule has 42 heavy (non-hydrogen) atoms. The maximum absolute atomic E-state index is 10.2. The first-order valence-corrected chi connectivity index (χ1v) is 14.0. The number of para-hydroxylation sites is 2. The summed E-state index contributed by atoms with van der Waals surface area (Å²) in [6, 6.07) is 45.8. The van der Waals surface area contributed by atoms with Crippen molar-refractivity contribution in [3.63, 3.8) is 0 Å². The molecule has 0 saturated heterocycles. The number of aromatic nitrogens is 1. The standard InChI is InChI=1S/C38H28N3O/c1-26-16-22-32-33-23-19-28(25-39)36(38(33)42-37(32)35(26)34-15-9-10-24-40(34)2)27-17-20-31(21-18-27)41(29-11-5-3-6-12-29)30-13-7-4-8-14-30/h3-24H,1-2H3/q+1. The van der Waals surface area contributed by atoms with Gasteiger partial charge in [0.05, 0.1) is 17.2 Å². The molecule has 0 radical (unpaired) electrons. The van der Waals surface area contributed by atoms with E-state index in [1.165, 1.54) is 0 Å². The van der Waals surface area contributed by atoms with E-state index in [0.717, 1.165) is 66.9 Å². The molecular formula is C38H28N3O+. The maximum Gasteiger partial charge on any atom is 0.216 e. The molecule has 0 bridgehead atoms. The molecule has 0 aliphatic carbocycles. The van der Waals surface area contributed by atoms with Crippen molar-refractivity contribution in [3.05, 3.63) is 145 Å². The number of rotatable bonds is 5. The van der Waals surface area contributed by atoms with Crippen molar-refractivity contribution in [3.8, 4) is 28.5 Å². The average molecular weight is 543 g/mol. The third-order valence-electron chi connectivity index (χ3n) is 7.89. The summed E-state index contributed by atoms with van der Waals surface area (Å²) in [5.74, 6) is 0. The number of furan rings is 1. The van der Waals surface area contributed by atoms with Crippen LogP contribution >= 0.6 is 0 Å². The lowest BCUT2D eigenvalue weighted by Gasteiger charge is -2.25. The minimum Gasteiger partial charge on any atom is -0.454 e. The van der Waals surface area contributed by atoms with E-state index in [0.29, 0.717) is 5.56 Å². The van der Waals surface area contributed by atoms with Crippen LogP contribution in [-0.4, -0.2) is 0 Å². The first-order chi connectivity index (χ1) is 20.6. The van der Waals surface area contributed by atoms with E-state index >= 15 is 0 Å². The molecule has 7 aromatic rings. The van der Waals surface area contributed by atoms with E-state index in [4.69, 9.17) is 4.42 Å². The Labute approximate surface area is 244 Å². The van der Waals surface area contributed by atoms with Crippen molar-refractivity contribution in [2.24, 2.45) is 7.05 Å². The molecular weight excluding hydrogens is 514 g/mol. The van der Waals surface area contributed by atoms with Crippen molar-refractivity contribution in [2.75, 3.05) is 4.90 Å². The molecule has 4 heteroatoms. The molecule has 200 valence electrons. The van der Waals surface area contributed by atoms with Gasteiger partial charge in [-0.25, -0.2) is 4.57 Å². The van der Waals surface area contributed by atoms with E-state index in [-0.39, 0.29) is 0 Å². The van der Waals surface area contributed by atoms with Gasteiger partial charge in [-0.05, 0) is 72.6 Å². The van der Waals surface area contributed by atoms with Crippen molar-refractivity contribution in [1.82, 2.24) is 0 Å². The molecule has 0 aliphatic heterocycles. The molecule has 2 heterocycles. The van der Waals surface area contributed by atoms with Crippen LogP contribution in [0, 0.1) is 18.3 Å². The van der Waals surface area contributed by atoms with Crippen LogP contribution in [0.3, 0.4) is 0 Å². The number of anilines is 3. The van der Waals surface area contributed by atoms with Gasteiger partial charge >= 0.3 is 0 Å². The Balaban J connectivity index is 1.41. The number of nitrogens with zero attached hydrogens (tertiary/aromatic N) is 3. The summed E-state index contributed by atoms with van der Waals surface area (Å²) < 4.78 is 8.85. The number of benzene rings is 5. The Morgan fingerprint density at radius 2 is 1.19 bits per heavy atom. The summed E-state index contributed by atoms with van der Waals surface area (Å²) >= 11 is 0. The van der Waals surface area contributed by atoms with Crippen LogP contribution < -0.4 is 9.47 Å². The van der Waals surface area contributed by atoms with Crippen LogP contribution in [0.1, 0.15) is 11.1 Å². The van der Waals surface area contributed by atoms with Crippen molar-refractivity contribution < 1.29 is 8.98 Å². The molecule has 2 aromatic heterocycles. The third kappa shape index (κ3) is 4.20. The summed E-state index contributed by atoms with van der Waals surface area (Å²) in [7, 11) is 2.05. The Hall–Kier alpha value is -5.66. The van der Waals surface area contributed by atoms with Gasteiger partial charge in [-0.2, -0.15) is 5.26 Å². The fraction of sp³-hybridized carbons (Fsp3) is 0.0526. The molecule has 0 saturated carbocycles. The zero-order valence-electron chi connectivity index (χ0n) is 23.5. The highest BCUT2D eigenvalue weighted by molar-refractivity contribution is 6.14. The van der Waals surface area contributed by atoms with Gasteiger partial charge < -0.3 is 9.32 Å². The molecule has 5 aromatic carbocycles. The molecule has 0 N–H and O–H groups in total. The number of nitriles is 1. The van der Waals surface area contributed by atoms with Crippen molar-refractivity contribution in [1.29, 1.82) is 5.26 Å². The smallest absolute Gasteiger partial charge is 0.216 e. The monoisotopic (exact) mass is 542 g/mol. The molecule has 0 amide bonds. The largest absolute Gasteiger partial charge is 0.454 e. The maximum atomic E-state index is 10.2. The SMILES string of the molecule is Cc1ccc2c(oc3c(-c4ccc(N(c5ccccc5)c5ccccc5)cc4)c(C#N)ccc32)c1-c1cccc[n+]1C. The summed E-state index contributed by atoms with van der Waals surface area (Å²) in [6.45, 7) is 2.11. The van der Waals surface area contributed by atoms with Gasteiger partial charge in [0.25, 0.3) is 0 Å². The van der Waals surface area contributed by atoms with Crippen LogP contribution in [0.2, 0.25) is 0 Å². The molecule has 0 unspecified atom stereocenters. The predicted octanol–water partition coefficient (Wildman–Crippen LogP) is 9.39. The fourth-order valence-electron chi connectivity index (χ4n) is 5.86. The van der Waals surface area contributed by atoms with E-state index in [1.54, 1.807) is 0 Å². The summed E-state index contributed by atoms with van der Waals surface area (Å²) in [4.78, 5) is 2.23. The predicted molar refractivity (Wildman–Crippen MR) is 170 cm³/mol. The molecule has 0 atom stereocenters. The quantitative estimate of drug-likeness (QED) is 0.204. The van der Waals surface area contributed by atoms with E-state index in [1.807, 2.05) is 73.9 Å². The van der Waals surface area contributed by atoms with E-state index < -0.39 is 0 Å². The van der Waals surface area contributed by atoms with Crippen LogP contribution in [-0.2, 0) is 7.05 Å². The van der Waals surface area contributed by atoms with Gasteiger partial charge in [0.1, 0.15) is 18.2 Å². The van der Waals surface area contributed by atoms with Crippen molar-refractivity contribution in [2.45, 2.75) is 6.92 Å². The van der Waals surface area contributed by atoms with Gasteiger partial charge in [-0.3, -0.25) is 0 Å². The summed E-state index contributed by atoms with van der Waals surface area (Å²) in [5, 5.41) is 12.2. The van der Waals surface area contributed by atoms with Crippen molar-refractivity contribution >= 4 is 39.0 Å². The molecule has 0 spiro atoms. The number of hydrogen-bond acceptors (Lipinski definition) is 3. The molecule has 7 rings (SSSR count). The average Bonchev–Trinajstić information content (AvgIpc) is 3.41. The normalized spacial score (nSPS) is 11.1. The second-order valence-corrected chi connectivity index (χ2v) is 10.5. The van der Waals surface area contributed by atoms with Crippen LogP contribution in [0.25, 0.3) is 44.3 Å². The number of fused-ring (bicyclic) bond motifs is 3. The molecule has 0 aliphatic rings. The Bertz CT molecular complexity index is 2070. The second kappa shape index (κ2) is 10.4. The number of pyridine rings is 1. The zero-order chi connectivity index (χ0) is 28.6. The van der Waals surface area contributed by atoms with E-state index in [9.17, 15) is 5.26 Å². The topological polar surface area (TPSA) is 44.1 Å². The highest BCUT2D eigenvalue weighted by atomic mass is 16.3. The zero-order valence-corrected chi connectivity index (χ0v) is 23.5. The van der Waals surface area contributed by atoms with Gasteiger partial charge in [0, 0.05) is 45.5 Å². The van der Waals surface area contributed by atoms with Gasteiger partial charge in [0.2, 0.25) is 5.69 Å². The van der Waals surface area contributed by atoms with E-state index in [2.05, 4.69) is 89.2 Å². The Morgan fingerprint density at radius 3 is 1.81 bits per heavy atom. The molecule has 0 fully saturated rings. The lowest BCUT2D eigenvalue weighted by molar-refractivity contribution is -0.660. The summed E-state index contributed by atoms with van der Waals surface area (Å²) in [6.07, 6.45) is 2.05. The highest BCUT2D eigenvalue weighted by Gasteiger charge is 2.23. The van der Waals surface area contributed by atoms with Gasteiger partial charge in [0.15, 0.2) is 6.20 Å². The third-order valence-corrected chi connectivity index (χ3v) is 7.89. The minimum atomic E-state index is 0.584. The Kier molecular flexibility index (Phi) is 6.26. The number of hydrogen-bond donors (Lipinski definition) is 0. The Morgan fingerprint density at radius 1 is 0.619 bits per heavy atom.